The molecular formula is C70H102N2O24. The molecule has 10 aliphatic rings. The number of hydrogen-bond donors (Lipinski definition) is 7. The Morgan fingerprint density at radius 1 is 0.708 bits per heavy atom. The molecule has 536 valence electrons. The third-order valence-electron chi connectivity index (χ3n) is 22.2. The number of ketones is 2. The molecule has 6 saturated heterocycles. The number of carbonyl (C=O) groups excluding carboxylic acids is 5. The van der Waals surface area contributed by atoms with Gasteiger partial charge in [-0.1, -0.05) is 62.8 Å². The van der Waals surface area contributed by atoms with E-state index in [1.807, 2.05) is 39.8 Å². The standard InChI is InChI=1S/C70H102N2O24/c1-32-15-21-50(91-57-31-68(12,72(82)83)63(41(10)89-57)71-67(81)84-14)33(2)26-46-48(76)27-43(17-16-36(5)73)30-70(46)65(79)58(66(80)96-70)64(78)69(13)45(32)19-18-44-59(69)34(3)25-35(4)60(44)95-56-29-52(62(40(9)88-56)90-42(11)74)93-53-24-22-51(38(7)86-53)92-55-28-49(77)61(39(8)87-55)94-54-23-20-47(75)37(6)85-54/h15-19,26-27,34-35,37-41,44-57,59-63,72,75-78,82H,20-25,28-31H2,1-14H3,(H,71,81)/b17-16+,32-15-,33-26-,64-58-/t34-,35-,37-,38-,39-,40-,41+,44-,45-,46+,47+,48-,49+,50-,51+,52+,53-,54-,55+,56-,57-,59+,60-,61-,62-,63-,68-,69+,70-/m0/s1. The second-order valence-electron chi connectivity index (χ2n) is 29.1. The maximum atomic E-state index is 15.8. The predicted octanol–water partition coefficient (Wildman–Crippen LogP) is 5.80. The Balaban J connectivity index is 0.919. The van der Waals surface area contributed by atoms with Crippen LogP contribution in [0.4, 0.5) is 4.79 Å². The average molecular weight is 1360 g/mol. The van der Waals surface area contributed by atoms with Gasteiger partial charge in [-0.05, 0) is 123 Å². The molecule has 1 amide bonds. The van der Waals surface area contributed by atoms with Crippen LogP contribution in [0.5, 0.6) is 0 Å². The van der Waals surface area contributed by atoms with Gasteiger partial charge in [-0.3, -0.25) is 14.4 Å². The molecule has 96 heavy (non-hydrogen) atoms. The lowest BCUT2D eigenvalue weighted by molar-refractivity contribution is -1.09. The zero-order chi connectivity index (χ0) is 69.8. The lowest BCUT2D eigenvalue weighted by Gasteiger charge is -2.56. The summed E-state index contributed by atoms with van der Waals surface area (Å²) in [5, 5.41) is 72.3. The van der Waals surface area contributed by atoms with Gasteiger partial charge in [-0.15, -0.1) is 0 Å². The molecule has 7 fully saturated rings. The summed E-state index contributed by atoms with van der Waals surface area (Å²) < 4.78 is 82.0. The fourth-order valence-corrected chi connectivity index (χ4v) is 17.2. The number of hydroxylamine groups is 2. The molecule has 26 heteroatoms. The lowest BCUT2D eigenvalue weighted by Crippen LogP contribution is -3.17. The van der Waals surface area contributed by atoms with Gasteiger partial charge in [0, 0.05) is 56.3 Å². The normalized spacial score (nSPS) is 47.5. The van der Waals surface area contributed by atoms with Gasteiger partial charge in [-0.25, -0.2) is 20.0 Å². The number of Topliss-reactive ketones (excluding diaryl/α,β-unsaturated/α-hetero) is 1. The quantitative estimate of drug-likeness (QED) is 0.0254. The highest BCUT2D eigenvalue weighted by atomic mass is 16.8. The molecule has 10 rings (SSSR count). The van der Waals surface area contributed by atoms with Crippen molar-refractivity contribution in [2.24, 2.45) is 40.9 Å². The molecule has 1 spiro atoms. The van der Waals surface area contributed by atoms with E-state index in [9.17, 15) is 50.0 Å². The molecule has 1 saturated carbocycles. The van der Waals surface area contributed by atoms with Gasteiger partial charge in [0.05, 0.1) is 86.6 Å². The highest BCUT2D eigenvalue weighted by molar-refractivity contribution is 6.26. The van der Waals surface area contributed by atoms with Gasteiger partial charge in [-0.2, -0.15) is 0 Å². The number of alkyl carbamates (subject to hydrolysis) is 1. The molecule has 0 aromatic rings. The minimum atomic E-state index is -2.13. The molecule has 30 atom stereocenters. The van der Waals surface area contributed by atoms with Crippen molar-refractivity contribution in [1.82, 2.24) is 5.32 Å². The van der Waals surface area contributed by atoms with E-state index in [1.54, 1.807) is 33.8 Å². The minimum absolute atomic E-state index is 0.114. The summed E-state index contributed by atoms with van der Waals surface area (Å²) in [5.74, 6) is -6.54. The largest absolute Gasteiger partial charge is 0.600 e. The van der Waals surface area contributed by atoms with Crippen LogP contribution in [0.1, 0.15) is 154 Å². The van der Waals surface area contributed by atoms with Gasteiger partial charge in [0.25, 0.3) is 0 Å². The fourth-order valence-electron chi connectivity index (χ4n) is 17.2. The number of hydrogen-bond acceptors (Lipinski definition) is 24. The van der Waals surface area contributed by atoms with Crippen molar-refractivity contribution >= 4 is 29.6 Å². The number of amides is 1. The maximum absolute atomic E-state index is 15.8. The fraction of sp³-hybridized carbons (Fsp3) is 0.757. The minimum Gasteiger partial charge on any atom is -0.600 e. The Hall–Kier alpha value is -4.85. The van der Waals surface area contributed by atoms with Crippen molar-refractivity contribution < 1.29 is 116 Å². The van der Waals surface area contributed by atoms with E-state index in [1.165, 1.54) is 46.1 Å². The summed E-state index contributed by atoms with van der Waals surface area (Å²) in [5.41, 5.74) is -4.20. The van der Waals surface area contributed by atoms with Crippen molar-refractivity contribution in [1.29, 1.82) is 0 Å². The Kier molecular flexibility index (Phi) is 22.9. The summed E-state index contributed by atoms with van der Waals surface area (Å²) in [6.45, 7) is 22.7. The first-order chi connectivity index (χ1) is 45.3. The SMILES string of the molecule is COC(=O)N[C@H]1[C@@H](C)O[C@@H](O[C@H]2C/C=C(/C)[C@@H]3C=C[C@@H]4[C@@H](O[C@H]5C[C@@H](O[C@H]6CC[C@@H](O[C@@H]7C[C@@H](O)[C@@H](O[C@H]8CC[C@@H](O)[C@H](C)O8)[C@H](C)O7)[C@H](C)O6)[C@@H](OC(C)=O)[C@H](C)O5)[C@@H](C)C[C@H](C)[C@H]4[C@]3(C)/C(O)=C3/C(=O)O[C@]4(CC(/C=C/C(C)=O)=C[C@H](O)[C@H]4/C=C\2C)C3=O)C[C@]1(C)[NH+]([O-])O. The van der Waals surface area contributed by atoms with Crippen molar-refractivity contribution in [3.05, 3.63) is 75.8 Å². The van der Waals surface area contributed by atoms with Gasteiger partial charge in [0.2, 0.25) is 5.78 Å². The van der Waals surface area contributed by atoms with E-state index >= 15 is 4.79 Å². The number of nitrogens with one attached hydrogen (secondary N) is 2. The predicted molar refractivity (Wildman–Crippen MR) is 338 cm³/mol. The van der Waals surface area contributed by atoms with Crippen molar-refractivity contribution in [2.75, 3.05) is 7.11 Å². The summed E-state index contributed by atoms with van der Waals surface area (Å²) in [6.07, 6.45) is -1.00. The van der Waals surface area contributed by atoms with Crippen LogP contribution >= 0.6 is 0 Å². The molecule has 0 radical (unpaired) electrons. The van der Waals surface area contributed by atoms with Gasteiger partial charge >= 0.3 is 18.0 Å². The summed E-state index contributed by atoms with van der Waals surface area (Å²) >= 11 is 0. The van der Waals surface area contributed by atoms with E-state index in [-0.39, 0.29) is 49.7 Å². The van der Waals surface area contributed by atoms with Crippen LogP contribution in [0.25, 0.3) is 0 Å². The molecule has 0 aromatic heterocycles. The molecule has 7 N–H and O–H groups in total. The third kappa shape index (κ3) is 15.0. The molecule has 6 aliphatic heterocycles. The molecule has 0 aromatic carbocycles. The van der Waals surface area contributed by atoms with Crippen LogP contribution in [0.2, 0.25) is 0 Å². The molecular weight excluding hydrogens is 1250 g/mol. The zero-order valence-electron chi connectivity index (χ0n) is 57.6. The Labute approximate surface area is 561 Å². The van der Waals surface area contributed by atoms with Crippen molar-refractivity contribution in [3.8, 4) is 0 Å². The molecule has 1 unspecified atom stereocenters. The van der Waals surface area contributed by atoms with Crippen LogP contribution in [0, 0.1) is 46.1 Å². The van der Waals surface area contributed by atoms with Crippen LogP contribution in [-0.2, 0) is 80.8 Å². The number of ether oxygens (including phenoxy) is 13. The number of aliphatic hydroxyl groups is 4. The van der Waals surface area contributed by atoms with Gasteiger partial charge < -0.3 is 92.5 Å². The summed E-state index contributed by atoms with van der Waals surface area (Å²) in [7, 11) is 1.17. The molecule has 6 heterocycles. The molecule has 2 bridgehead atoms. The monoisotopic (exact) mass is 1350 g/mol. The van der Waals surface area contributed by atoms with Crippen molar-refractivity contribution in [3.63, 3.8) is 0 Å². The second-order valence-corrected chi connectivity index (χ2v) is 29.1. The van der Waals surface area contributed by atoms with Gasteiger partial charge in [0.1, 0.15) is 29.6 Å². The average Bonchev–Trinajstić information content (AvgIpc) is 1.48. The highest BCUT2D eigenvalue weighted by Crippen LogP contribution is 2.61. The number of carbonyl (C=O) groups is 5. The lowest BCUT2D eigenvalue weighted by atomic mass is 9.49. The van der Waals surface area contributed by atoms with Crippen LogP contribution in [0.3, 0.4) is 0 Å². The Morgan fingerprint density at radius 3 is 2.00 bits per heavy atom. The molecule has 26 nitrogen and oxygen atoms in total. The van der Waals surface area contributed by atoms with Crippen molar-refractivity contribution in [2.45, 2.75) is 288 Å². The van der Waals surface area contributed by atoms with E-state index in [4.69, 9.17) is 61.6 Å². The first-order valence-corrected chi connectivity index (χ1v) is 34.2. The van der Waals surface area contributed by atoms with E-state index in [0.29, 0.717) is 43.3 Å². The van der Waals surface area contributed by atoms with E-state index in [2.05, 4.69) is 25.2 Å². The summed E-state index contributed by atoms with van der Waals surface area (Å²) in [6, 6.07) is -1.03. The van der Waals surface area contributed by atoms with E-state index < -0.39 is 204 Å². The highest BCUT2D eigenvalue weighted by Gasteiger charge is 2.65. The number of methoxy groups -OCH3 is 1. The van der Waals surface area contributed by atoms with Crippen LogP contribution in [0.15, 0.2) is 70.6 Å². The smallest absolute Gasteiger partial charge is 0.407 e. The van der Waals surface area contributed by atoms with E-state index in [0.717, 1.165) is 5.57 Å². The first-order valence-electron chi connectivity index (χ1n) is 34.2. The summed E-state index contributed by atoms with van der Waals surface area (Å²) in [4.78, 5) is 68.3. The maximum Gasteiger partial charge on any atom is 0.407 e. The third-order valence-corrected chi connectivity index (χ3v) is 22.2. The number of quaternary nitrogens is 1. The number of esters is 2. The topological polar surface area (TPSA) is 346 Å². The van der Waals surface area contributed by atoms with Gasteiger partial charge in [0.15, 0.2) is 54.5 Å². The number of allylic oxidation sites excluding steroid dienone is 5. The van der Waals surface area contributed by atoms with Crippen LogP contribution < -0.4 is 10.5 Å². The number of aliphatic hydroxyl groups excluding tert-OH is 4. The number of rotatable bonds is 15. The Morgan fingerprint density at radius 2 is 1.34 bits per heavy atom. The van der Waals surface area contributed by atoms with Crippen LogP contribution in [-0.4, -0.2) is 196 Å². The Bertz CT molecular complexity index is 3040. The first kappa shape index (κ1) is 73.9. The second kappa shape index (κ2) is 29.8. The number of fused-ring (bicyclic) bond motifs is 4. The zero-order valence-corrected chi connectivity index (χ0v) is 57.6. The molecule has 4 aliphatic carbocycles.